The van der Waals surface area contributed by atoms with E-state index < -0.39 is 5.91 Å². The molecule has 0 aliphatic carbocycles. The van der Waals surface area contributed by atoms with E-state index in [1.807, 2.05) is 43.3 Å². The zero-order chi connectivity index (χ0) is 23.8. The number of nitrogens with one attached hydrogen (secondary N) is 1. The van der Waals surface area contributed by atoms with Crippen molar-refractivity contribution < 1.29 is 14.3 Å². The van der Waals surface area contributed by atoms with E-state index >= 15 is 0 Å². The Labute approximate surface area is 225 Å². The number of rotatable bonds is 8. The fourth-order valence-electron chi connectivity index (χ4n) is 2.86. The largest absolute Gasteiger partial charge is 0.490 e. The van der Waals surface area contributed by atoms with E-state index in [2.05, 4.69) is 50.5 Å². The van der Waals surface area contributed by atoms with Crippen molar-refractivity contribution in [3.8, 4) is 17.6 Å². The third kappa shape index (κ3) is 7.35. The Morgan fingerprint density at radius 2 is 1.79 bits per heavy atom. The lowest BCUT2D eigenvalue weighted by Gasteiger charge is -2.15. The van der Waals surface area contributed by atoms with Crippen molar-refractivity contribution >= 4 is 74.5 Å². The van der Waals surface area contributed by atoms with Crippen LogP contribution in [0.3, 0.4) is 0 Å². The molecule has 0 heterocycles. The average Bonchev–Trinajstić information content (AvgIpc) is 2.79. The molecule has 0 saturated heterocycles. The molecular formula is C25H19ClI2N2O3. The molecule has 3 rings (SSSR count). The van der Waals surface area contributed by atoms with Crippen molar-refractivity contribution in [3.63, 3.8) is 0 Å². The highest BCUT2D eigenvalue weighted by Crippen LogP contribution is 2.35. The van der Waals surface area contributed by atoms with E-state index in [1.165, 1.54) is 6.08 Å². The summed E-state index contributed by atoms with van der Waals surface area (Å²) in [5.74, 6) is 0.667. The Kier molecular flexibility index (Phi) is 9.41. The van der Waals surface area contributed by atoms with E-state index in [4.69, 9.17) is 21.1 Å². The second kappa shape index (κ2) is 12.3. The van der Waals surface area contributed by atoms with E-state index in [-0.39, 0.29) is 5.57 Å². The lowest BCUT2D eigenvalue weighted by atomic mass is 10.1. The van der Waals surface area contributed by atoms with Gasteiger partial charge in [-0.3, -0.25) is 4.79 Å². The van der Waals surface area contributed by atoms with Crippen LogP contribution in [0.4, 0.5) is 5.69 Å². The summed E-state index contributed by atoms with van der Waals surface area (Å²) >= 11 is 10.3. The van der Waals surface area contributed by atoms with Crippen LogP contribution < -0.4 is 14.8 Å². The molecule has 0 radical (unpaired) electrons. The number of hydrogen-bond acceptors (Lipinski definition) is 4. The first-order chi connectivity index (χ1) is 15.9. The van der Waals surface area contributed by atoms with Gasteiger partial charge in [0.15, 0.2) is 11.5 Å². The molecule has 0 unspecified atom stereocenters. The van der Waals surface area contributed by atoms with Crippen LogP contribution in [-0.4, -0.2) is 12.5 Å². The smallest absolute Gasteiger partial charge is 0.266 e. The number of carbonyl (C=O) groups excluding carboxylic acids is 1. The fraction of sp³-hybridized carbons (Fsp3) is 0.120. The topological polar surface area (TPSA) is 71.3 Å². The molecule has 0 aliphatic rings. The number of ether oxygens (including phenoxy) is 2. The molecule has 0 bridgehead atoms. The Bertz CT molecular complexity index is 1200. The molecule has 1 amide bonds. The summed E-state index contributed by atoms with van der Waals surface area (Å²) in [7, 11) is 0. The number of benzene rings is 3. The van der Waals surface area contributed by atoms with Crippen LogP contribution in [0, 0.1) is 18.5 Å². The van der Waals surface area contributed by atoms with Crippen LogP contribution in [0.15, 0.2) is 66.2 Å². The Morgan fingerprint density at radius 1 is 1.09 bits per heavy atom. The predicted molar refractivity (Wildman–Crippen MR) is 147 cm³/mol. The monoisotopic (exact) mass is 684 g/mol. The number of halogens is 3. The molecule has 5 nitrogen and oxygen atoms in total. The zero-order valence-corrected chi connectivity index (χ0v) is 22.6. The summed E-state index contributed by atoms with van der Waals surface area (Å²) < 4.78 is 13.8. The van der Waals surface area contributed by atoms with Crippen LogP contribution in [0.1, 0.15) is 18.1 Å². The molecular weight excluding hydrogens is 666 g/mol. The maximum Gasteiger partial charge on any atom is 0.266 e. The molecule has 168 valence electrons. The van der Waals surface area contributed by atoms with Crippen LogP contribution in [0.25, 0.3) is 6.08 Å². The summed E-state index contributed by atoms with van der Waals surface area (Å²) in [6.45, 7) is 2.74. The molecule has 0 spiro atoms. The van der Waals surface area contributed by atoms with Crippen molar-refractivity contribution in [2.75, 3.05) is 11.9 Å². The molecule has 0 aromatic heterocycles. The van der Waals surface area contributed by atoms with Gasteiger partial charge >= 0.3 is 0 Å². The Balaban J connectivity index is 1.83. The summed E-state index contributed by atoms with van der Waals surface area (Å²) in [4.78, 5) is 12.6. The van der Waals surface area contributed by atoms with Crippen molar-refractivity contribution in [1.29, 1.82) is 5.26 Å². The molecule has 0 saturated carbocycles. The quantitative estimate of drug-likeness (QED) is 0.157. The van der Waals surface area contributed by atoms with Gasteiger partial charge in [0.25, 0.3) is 5.91 Å². The summed E-state index contributed by atoms with van der Waals surface area (Å²) in [5, 5.41) is 12.8. The Morgan fingerprint density at radius 3 is 2.42 bits per heavy atom. The molecule has 0 fully saturated rings. The minimum Gasteiger partial charge on any atom is -0.490 e. The minimum atomic E-state index is -0.508. The Hall–Kier alpha value is -2.29. The molecule has 0 aliphatic heterocycles. The number of carbonyl (C=O) groups is 1. The van der Waals surface area contributed by atoms with Crippen LogP contribution in [0.2, 0.25) is 5.02 Å². The van der Waals surface area contributed by atoms with Gasteiger partial charge < -0.3 is 14.8 Å². The number of anilines is 1. The van der Waals surface area contributed by atoms with Crippen LogP contribution >= 0.6 is 56.8 Å². The second-order valence-corrected chi connectivity index (χ2v) is 9.65. The van der Waals surface area contributed by atoms with E-state index in [0.717, 1.165) is 12.7 Å². The zero-order valence-electron chi connectivity index (χ0n) is 17.6. The summed E-state index contributed by atoms with van der Waals surface area (Å²) in [6, 6.07) is 20.3. The van der Waals surface area contributed by atoms with Gasteiger partial charge in [-0.1, -0.05) is 23.7 Å². The third-order valence-corrected chi connectivity index (χ3v) is 6.18. The second-order valence-electron chi connectivity index (χ2n) is 6.81. The first-order valence-electron chi connectivity index (χ1n) is 9.92. The van der Waals surface area contributed by atoms with Crippen LogP contribution in [-0.2, 0) is 11.4 Å². The number of amides is 1. The SMILES string of the molecule is CCOc1cc(/C=C(\C#N)C(=O)Nc2ccc(Cl)cc2)cc(I)c1OCc1ccc(I)cc1. The highest BCUT2D eigenvalue weighted by molar-refractivity contribution is 14.1. The van der Waals surface area contributed by atoms with Gasteiger partial charge in [0.2, 0.25) is 0 Å². The maximum atomic E-state index is 12.6. The molecule has 3 aromatic carbocycles. The van der Waals surface area contributed by atoms with Gasteiger partial charge in [0.1, 0.15) is 18.2 Å². The average molecular weight is 685 g/mol. The molecule has 3 aromatic rings. The molecule has 0 atom stereocenters. The van der Waals surface area contributed by atoms with Gasteiger partial charge in [-0.05, 0) is 118 Å². The number of hydrogen-bond donors (Lipinski definition) is 1. The normalized spacial score (nSPS) is 10.9. The minimum absolute atomic E-state index is 0.0317. The van der Waals surface area contributed by atoms with Crippen molar-refractivity contribution in [1.82, 2.24) is 0 Å². The number of nitrogens with zero attached hydrogens (tertiary/aromatic N) is 1. The summed E-state index contributed by atoms with van der Waals surface area (Å²) in [5.41, 5.74) is 2.22. The van der Waals surface area contributed by atoms with E-state index in [9.17, 15) is 10.1 Å². The van der Waals surface area contributed by atoms with Crippen molar-refractivity contribution in [2.24, 2.45) is 0 Å². The van der Waals surface area contributed by atoms with E-state index in [1.54, 1.807) is 30.3 Å². The molecule has 33 heavy (non-hydrogen) atoms. The van der Waals surface area contributed by atoms with Crippen molar-refractivity contribution in [2.45, 2.75) is 13.5 Å². The standard InChI is InChI=1S/C25H19ClI2N2O3/c1-2-32-23-13-17(11-18(14-29)25(31)30-21-9-5-19(26)6-10-21)12-22(28)24(23)33-15-16-3-7-20(27)8-4-16/h3-13H,2,15H2,1H3,(H,30,31)/b18-11+. The first kappa shape index (κ1) is 25.3. The van der Waals surface area contributed by atoms with Gasteiger partial charge in [0, 0.05) is 14.3 Å². The van der Waals surface area contributed by atoms with Gasteiger partial charge in [-0.25, -0.2) is 0 Å². The maximum absolute atomic E-state index is 12.6. The third-order valence-electron chi connectivity index (χ3n) is 4.41. The van der Waals surface area contributed by atoms with Gasteiger partial charge in [-0.15, -0.1) is 0 Å². The number of nitriles is 1. The highest BCUT2D eigenvalue weighted by atomic mass is 127. The summed E-state index contributed by atoms with van der Waals surface area (Å²) in [6.07, 6.45) is 1.53. The lowest BCUT2D eigenvalue weighted by molar-refractivity contribution is -0.112. The van der Waals surface area contributed by atoms with Gasteiger partial charge in [0.05, 0.1) is 10.2 Å². The van der Waals surface area contributed by atoms with Crippen LogP contribution in [0.5, 0.6) is 11.5 Å². The lowest BCUT2D eigenvalue weighted by Crippen LogP contribution is -2.13. The van der Waals surface area contributed by atoms with E-state index in [0.29, 0.717) is 41.0 Å². The van der Waals surface area contributed by atoms with Crippen molar-refractivity contribution in [3.05, 3.63) is 89.5 Å². The molecule has 8 heteroatoms. The van der Waals surface area contributed by atoms with Gasteiger partial charge in [-0.2, -0.15) is 5.26 Å². The predicted octanol–water partition coefficient (Wildman–Crippen LogP) is 7.07. The highest BCUT2D eigenvalue weighted by Gasteiger charge is 2.15. The molecule has 1 N–H and O–H groups in total. The first-order valence-corrected chi connectivity index (χ1v) is 12.5. The fourth-order valence-corrected chi connectivity index (χ4v) is 4.12.